The standard InChI is InChI=1S/C16H17ClN2O4/c1-10-14(11(2)23-19-10)9-22-15(20)7-8-18-16(21)12-3-5-13(17)6-4-12/h3-6H,7-9H2,1-2H3,(H,18,21). The van der Waals surface area contributed by atoms with E-state index in [0.29, 0.717) is 22.0 Å². The maximum Gasteiger partial charge on any atom is 0.307 e. The van der Waals surface area contributed by atoms with Gasteiger partial charge < -0.3 is 14.6 Å². The average Bonchev–Trinajstić information content (AvgIpc) is 2.84. The van der Waals surface area contributed by atoms with Gasteiger partial charge in [-0.25, -0.2) is 0 Å². The van der Waals surface area contributed by atoms with Gasteiger partial charge in [-0.2, -0.15) is 0 Å². The molecule has 1 N–H and O–H groups in total. The van der Waals surface area contributed by atoms with Crippen molar-refractivity contribution >= 4 is 23.5 Å². The van der Waals surface area contributed by atoms with Crippen LogP contribution < -0.4 is 5.32 Å². The van der Waals surface area contributed by atoms with Gasteiger partial charge in [-0.3, -0.25) is 9.59 Å². The molecule has 1 aromatic heterocycles. The van der Waals surface area contributed by atoms with Gasteiger partial charge in [-0.15, -0.1) is 0 Å². The molecule has 23 heavy (non-hydrogen) atoms. The Morgan fingerprint density at radius 1 is 1.26 bits per heavy atom. The first-order valence-corrected chi connectivity index (χ1v) is 7.46. The summed E-state index contributed by atoms with van der Waals surface area (Å²) in [7, 11) is 0. The van der Waals surface area contributed by atoms with Crippen molar-refractivity contribution in [3.63, 3.8) is 0 Å². The number of ether oxygens (including phenoxy) is 1. The summed E-state index contributed by atoms with van der Waals surface area (Å²) in [5, 5.41) is 7.00. The van der Waals surface area contributed by atoms with Gasteiger partial charge in [0.05, 0.1) is 17.7 Å². The number of carbonyl (C=O) groups is 2. The molecule has 2 aromatic rings. The van der Waals surface area contributed by atoms with Crippen molar-refractivity contribution in [1.82, 2.24) is 10.5 Å². The largest absolute Gasteiger partial charge is 0.461 e. The number of hydrogen-bond donors (Lipinski definition) is 1. The molecule has 1 heterocycles. The van der Waals surface area contributed by atoms with Gasteiger partial charge >= 0.3 is 5.97 Å². The molecule has 1 aromatic carbocycles. The quantitative estimate of drug-likeness (QED) is 0.820. The first kappa shape index (κ1) is 17.0. The summed E-state index contributed by atoms with van der Waals surface area (Å²) in [6, 6.07) is 6.50. The Morgan fingerprint density at radius 3 is 2.57 bits per heavy atom. The molecule has 2 rings (SSSR count). The Kier molecular flexibility index (Phi) is 5.76. The summed E-state index contributed by atoms with van der Waals surface area (Å²) in [4.78, 5) is 23.5. The van der Waals surface area contributed by atoms with Crippen molar-refractivity contribution in [2.45, 2.75) is 26.9 Å². The second kappa shape index (κ2) is 7.78. The lowest BCUT2D eigenvalue weighted by atomic mass is 10.2. The SMILES string of the molecule is Cc1noc(C)c1COC(=O)CCNC(=O)c1ccc(Cl)cc1. The minimum Gasteiger partial charge on any atom is -0.461 e. The number of carbonyl (C=O) groups excluding carboxylic acids is 2. The number of esters is 1. The van der Waals surface area contributed by atoms with Crippen LogP contribution in [0.1, 0.15) is 33.8 Å². The average molecular weight is 337 g/mol. The van der Waals surface area contributed by atoms with Crippen molar-refractivity contribution < 1.29 is 18.8 Å². The number of aromatic nitrogens is 1. The van der Waals surface area contributed by atoms with Gasteiger partial charge in [0.25, 0.3) is 5.91 Å². The van der Waals surface area contributed by atoms with Gasteiger partial charge in [0.1, 0.15) is 12.4 Å². The van der Waals surface area contributed by atoms with E-state index in [1.807, 2.05) is 0 Å². The highest BCUT2D eigenvalue weighted by atomic mass is 35.5. The van der Waals surface area contributed by atoms with Gasteiger partial charge in [-0.1, -0.05) is 16.8 Å². The van der Waals surface area contributed by atoms with Crippen LogP contribution in [0.2, 0.25) is 5.02 Å². The number of aryl methyl sites for hydroxylation is 2. The molecule has 0 radical (unpaired) electrons. The zero-order chi connectivity index (χ0) is 16.8. The molecular weight excluding hydrogens is 320 g/mol. The van der Waals surface area contributed by atoms with Gasteiger partial charge in [0.2, 0.25) is 0 Å². The van der Waals surface area contributed by atoms with Crippen LogP contribution in [0.3, 0.4) is 0 Å². The first-order chi connectivity index (χ1) is 11.0. The van der Waals surface area contributed by atoms with Crippen molar-refractivity contribution in [2.75, 3.05) is 6.54 Å². The molecule has 0 aliphatic rings. The lowest BCUT2D eigenvalue weighted by molar-refractivity contribution is -0.144. The number of halogens is 1. The zero-order valence-corrected chi connectivity index (χ0v) is 13.6. The fraction of sp³-hybridized carbons (Fsp3) is 0.312. The summed E-state index contributed by atoms with van der Waals surface area (Å²) < 4.78 is 10.1. The zero-order valence-electron chi connectivity index (χ0n) is 12.9. The normalized spacial score (nSPS) is 10.4. The maximum atomic E-state index is 11.8. The predicted molar refractivity (Wildman–Crippen MR) is 84.2 cm³/mol. The van der Waals surface area contributed by atoms with Crippen LogP contribution in [0.25, 0.3) is 0 Å². The third kappa shape index (κ3) is 4.82. The molecule has 1 amide bonds. The van der Waals surface area contributed by atoms with Crippen LogP contribution in [0.15, 0.2) is 28.8 Å². The predicted octanol–water partition coefficient (Wildman–Crippen LogP) is 2.81. The van der Waals surface area contributed by atoms with E-state index < -0.39 is 5.97 Å². The van der Waals surface area contributed by atoms with E-state index in [1.54, 1.807) is 38.1 Å². The second-order valence-electron chi connectivity index (χ2n) is 4.98. The molecule has 122 valence electrons. The summed E-state index contributed by atoms with van der Waals surface area (Å²) in [5.41, 5.74) is 1.95. The van der Waals surface area contributed by atoms with Crippen LogP contribution in [0.4, 0.5) is 0 Å². The molecule has 0 spiro atoms. The van der Waals surface area contributed by atoms with E-state index in [-0.39, 0.29) is 25.5 Å². The summed E-state index contributed by atoms with van der Waals surface area (Å²) in [6.07, 6.45) is 0.0860. The van der Waals surface area contributed by atoms with Gasteiger partial charge in [0.15, 0.2) is 0 Å². The van der Waals surface area contributed by atoms with E-state index in [1.165, 1.54) is 0 Å². The third-order valence-electron chi connectivity index (χ3n) is 3.28. The molecule has 0 aliphatic carbocycles. The van der Waals surface area contributed by atoms with E-state index >= 15 is 0 Å². The number of nitrogens with one attached hydrogen (secondary N) is 1. The first-order valence-electron chi connectivity index (χ1n) is 7.08. The number of nitrogens with zero attached hydrogens (tertiary/aromatic N) is 1. The fourth-order valence-corrected chi connectivity index (χ4v) is 2.04. The molecule has 6 nitrogen and oxygen atoms in total. The Bertz CT molecular complexity index is 675. The monoisotopic (exact) mass is 336 g/mol. The van der Waals surface area contributed by atoms with Crippen LogP contribution in [0, 0.1) is 13.8 Å². The van der Waals surface area contributed by atoms with Gasteiger partial charge in [-0.05, 0) is 38.1 Å². The Labute approximate surface area is 138 Å². The topological polar surface area (TPSA) is 81.4 Å². The van der Waals surface area contributed by atoms with Crippen LogP contribution in [-0.4, -0.2) is 23.6 Å². The summed E-state index contributed by atoms with van der Waals surface area (Å²) in [5.74, 6) is -0.0343. The Morgan fingerprint density at radius 2 is 1.96 bits per heavy atom. The van der Waals surface area contributed by atoms with Crippen LogP contribution in [-0.2, 0) is 16.1 Å². The molecule has 0 atom stereocenters. The number of benzene rings is 1. The minimum atomic E-state index is -0.401. The molecule has 0 saturated heterocycles. The highest BCUT2D eigenvalue weighted by molar-refractivity contribution is 6.30. The van der Waals surface area contributed by atoms with E-state index in [2.05, 4.69) is 10.5 Å². The summed E-state index contributed by atoms with van der Waals surface area (Å²) >= 11 is 5.76. The Balaban J connectivity index is 1.72. The second-order valence-corrected chi connectivity index (χ2v) is 5.41. The van der Waals surface area contributed by atoms with Crippen molar-refractivity contribution in [3.8, 4) is 0 Å². The van der Waals surface area contributed by atoms with Crippen molar-refractivity contribution in [1.29, 1.82) is 0 Å². The number of rotatable bonds is 6. The minimum absolute atomic E-state index is 0.0860. The van der Waals surface area contributed by atoms with Crippen molar-refractivity contribution in [2.24, 2.45) is 0 Å². The smallest absolute Gasteiger partial charge is 0.307 e. The van der Waals surface area contributed by atoms with E-state index in [0.717, 1.165) is 5.56 Å². The van der Waals surface area contributed by atoms with Gasteiger partial charge in [0, 0.05) is 17.1 Å². The molecule has 7 heteroatoms. The molecule has 0 fully saturated rings. The molecular formula is C16H17ClN2O4. The van der Waals surface area contributed by atoms with E-state index in [9.17, 15) is 9.59 Å². The molecule has 0 bridgehead atoms. The van der Waals surface area contributed by atoms with Crippen molar-refractivity contribution in [3.05, 3.63) is 51.9 Å². The van der Waals surface area contributed by atoms with Crippen LogP contribution >= 0.6 is 11.6 Å². The molecule has 0 saturated carbocycles. The third-order valence-corrected chi connectivity index (χ3v) is 3.53. The molecule has 0 unspecified atom stereocenters. The molecule has 0 aliphatic heterocycles. The number of hydrogen-bond acceptors (Lipinski definition) is 5. The highest BCUT2D eigenvalue weighted by Crippen LogP contribution is 2.13. The maximum absolute atomic E-state index is 11.8. The number of amides is 1. The highest BCUT2D eigenvalue weighted by Gasteiger charge is 2.12. The fourth-order valence-electron chi connectivity index (χ4n) is 1.91. The lowest BCUT2D eigenvalue weighted by Crippen LogP contribution is -2.26. The van der Waals surface area contributed by atoms with Crippen LogP contribution in [0.5, 0.6) is 0 Å². The lowest BCUT2D eigenvalue weighted by Gasteiger charge is -2.06. The summed E-state index contributed by atoms with van der Waals surface area (Å²) in [6.45, 7) is 3.86. The van der Waals surface area contributed by atoms with E-state index in [4.69, 9.17) is 20.9 Å². The Hall–Kier alpha value is -2.34.